The fraction of sp³-hybridized carbons (Fsp3) is 0.0625. The standard InChI is InChI=1S/C16H10ClIN2O3/c1-20-15(22)10-4-3-9(7-11(10)16(20)23)19-14(21)12-6-8(18)2-5-13(12)17/h2-7H,1H3,(H,19,21). The summed E-state index contributed by atoms with van der Waals surface area (Å²) in [5, 5.41) is 3.04. The molecule has 0 fully saturated rings. The molecule has 1 heterocycles. The Kier molecular flexibility index (Phi) is 4.11. The monoisotopic (exact) mass is 440 g/mol. The van der Waals surface area contributed by atoms with Crippen molar-refractivity contribution in [2.75, 3.05) is 12.4 Å². The number of fused-ring (bicyclic) bond motifs is 1. The molecule has 0 radical (unpaired) electrons. The molecule has 0 saturated heterocycles. The average molecular weight is 441 g/mol. The van der Waals surface area contributed by atoms with Crippen molar-refractivity contribution in [3.63, 3.8) is 0 Å². The summed E-state index contributed by atoms with van der Waals surface area (Å²) in [6.45, 7) is 0. The Morgan fingerprint density at radius 2 is 1.78 bits per heavy atom. The van der Waals surface area contributed by atoms with Gasteiger partial charge in [0.05, 0.1) is 21.7 Å². The second-order valence-corrected chi connectivity index (χ2v) is 6.66. The van der Waals surface area contributed by atoms with Crippen LogP contribution in [0.3, 0.4) is 0 Å². The van der Waals surface area contributed by atoms with Crippen molar-refractivity contribution in [3.05, 3.63) is 61.7 Å². The van der Waals surface area contributed by atoms with E-state index in [9.17, 15) is 14.4 Å². The van der Waals surface area contributed by atoms with Crippen LogP contribution in [-0.2, 0) is 0 Å². The van der Waals surface area contributed by atoms with Gasteiger partial charge >= 0.3 is 0 Å². The molecule has 0 aliphatic carbocycles. The maximum Gasteiger partial charge on any atom is 0.261 e. The van der Waals surface area contributed by atoms with E-state index < -0.39 is 0 Å². The van der Waals surface area contributed by atoms with Gasteiger partial charge in [-0.15, -0.1) is 0 Å². The molecule has 5 nitrogen and oxygen atoms in total. The van der Waals surface area contributed by atoms with E-state index >= 15 is 0 Å². The van der Waals surface area contributed by atoms with Crippen LogP contribution in [0.4, 0.5) is 5.69 Å². The van der Waals surface area contributed by atoms with E-state index in [0.29, 0.717) is 21.8 Å². The first-order valence-corrected chi connectivity index (χ1v) is 8.07. The summed E-state index contributed by atoms with van der Waals surface area (Å²) in [5.74, 6) is -1.10. The van der Waals surface area contributed by atoms with E-state index in [1.807, 2.05) is 0 Å². The van der Waals surface area contributed by atoms with Gasteiger partial charge in [0.15, 0.2) is 0 Å². The maximum atomic E-state index is 12.3. The van der Waals surface area contributed by atoms with E-state index in [2.05, 4.69) is 27.9 Å². The Morgan fingerprint density at radius 3 is 2.52 bits per heavy atom. The SMILES string of the molecule is CN1C(=O)c2ccc(NC(=O)c3cc(I)ccc3Cl)cc2C1=O. The molecule has 0 spiro atoms. The van der Waals surface area contributed by atoms with Crippen LogP contribution < -0.4 is 5.32 Å². The number of amides is 3. The number of carbonyl (C=O) groups excluding carboxylic acids is 3. The van der Waals surface area contributed by atoms with Gasteiger partial charge in [-0.3, -0.25) is 19.3 Å². The minimum absolute atomic E-state index is 0.282. The molecule has 7 heteroatoms. The number of anilines is 1. The first-order valence-electron chi connectivity index (χ1n) is 6.61. The number of hydrogen-bond acceptors (Lipinski definition) is 3. The highest BCUT2D eigenvalue weighted by molar-refractivity contribution is 14.1. The molecule has 116 valence electrons. The molecule has 1 aliphatic rings. The number of nitrogens with zero attached hydrogens (tertiary/aromatic N) is 1. The third kappa shape index (κ3) is 2.84. The molecule has 2 aromatic rings. The van der Waals surface area contributed by atoms with Crippen LogP contribution in [0.25, 0.3) is 0 Å². The van der Waals surface area contributed by atoms with Crippen LogP contribution in [0, 0.1) is 3.57 Å². The number of benzene rings is 2. The van der Waals surface area contributed by atoms with Crippen LogP contribution in [0.5, 0.6) is 0 Å². The predicted molar refractivity (Wildman–Crippen MR) is 95.0 cm³/mol. The summed E-state index contributed by atoms with van der Waals surface area (Å²) in [6, 6.07) is 9.74. The number of rotatable bonds is 2. The minimum atomic E-state index is -0.381. The van der Waals surface area contributed by atoms with E-state index in [4.69, 9.17) is 11.6 Å². The Labute approximate surface area is 150 Å². The molecular formula is C16H10ClIN2O3. The topological polar surface area (TPSA) is 66.5 Å². The fourth-order valence-electron chi connectivity index (χ4n) is 2.31. The number of halogens is 2. The summed E-state index contributed by atoms with van der Waals surface area (Å²) < 4.78 is 0.883. The first-order chi connectivity index (χ1) is 10.9. The highest BCUT2D eigenvalue weighted by Gasteiger charge is 2.32. The summed E-state index contributed by atoms with van der Waals surface area (Å²) in [4.78, 5) is 37.2. The lowest BCUT2D eigenvalue weighted by atomic mass is 10.1. The van der Waals surface area contributed by atoms with Gasteiger partial charge in [0, 0.05) is 16.3 Å². The van der Waals surface area contributed by atoms with Crippen molar-refractivity contribution in [3.8, 4) is 0 Å². The van der Waals surface area contributed by atoms with Crippen molar-refractivity contribution in [1.82, 2.24) is 4.90 Å². The molecule has 0 bridgehead atoms. The van der Waals surface area contributed by atoms with Gasteiger partial charge in [0.2, 0.25) is 0 Å². The van der Waals surface area contributed by atoms with Crippen LogP contribution >= 0.6 is 34.2 Å². The largest absolute Gasteiger partial charge is 0.322 e. The van der Waals surface area contributed by atoms with Gasteiger partial charge < -0.3 is 5.32 Å². The van der Waals surface area contributed by atoms with Gasteiger partial charge in [-0.1, -0.05) is 11.6 Å². The number of imide groups is 1. The third-order valence-corrected chi connectivity index (χ3v) is 4.52. The van der Waals surface area contributed by atoms with Crippen molar-refractivity contribution >= 4 is 57.6 Å². The van der Waals surface area contributed by atoms with Crippen molar-refractivity contribution in [1.29, 1.82) is 0 Å². The first kappa shape index (κ1) is 15.9. The molecule has 0 atom stereocenters. The molecule has 2 aromatic carbocycles. The number of hydrogen-bond donors (Lipinski definition) is 1. The zero-order chi connectivity index (χ0) is 16.7. The molecule has 1 aliphatic heterocycles. The van der Waals surface area contributed by atoms with Gasteiger partial charge in [-0.2, -0.15) is 0 Å². The third-order valence-electron chi connectivity index (χ3n) is 3.52. The van der Waals surface area contributed by atoms with Gasteiger partial charge in [0.1, 0.15) is 0 Å². The van der Waals surface area contributed by atoms with Crippen molar-refractivity contribution in [2.45, 2.75) is 0 Å². The van der Waals surface area contributed by atoms with Crippen molar-refractivity contribution < 1.29 is 14.4 Å². The summed E-state index contributed by atoms with van der Waals surface area (Å²) in [7, 11) is 1.43. The smallest absolute Gasteiger partial charge is 0.261 e. The summed E-state index contributed by atoms with van der Waals surface area (Å²) in [6.07, 6.45) is 0. The zero-order valence-corrected chi connectivity index (χ0v) is 14.8. The maximum absolute atomic E-state index is 12.3. The Hall–Kier alpha value is -1.93. The molecule has 0 unspecified atom stereocenters. The van der Waals surface area contributed by atoms with E-state index in [-0.39, 0.29) is 23.3 Å². The Morgan fingerprint density at radius 1 is 1.09 bits per heavy atom. The van der Waals surface area contributed by atoms with Gasteiger partial charge in [-0.25, -0.2) is 0 Å². The predicted octanol–water partition coefficient (Wildman–Crippen LogP) is 3.42. The van der Waals surface area contributed by atoms with Crippen LogP contribution in [0.2, 0.25) is 5.02 Å². The molecule has 0 aromatic heterocycles. The molecule has 1 N–H and O–H groups in total. The number of carbonyl (C=O) groups is 3. The second-order valence-electron chi connectivity index (χ2n) is 5.01. The zero-order valence-electron chi connectivity index (χ0n) is 11.9. The molecular weight excluding hydrogens is 431 g/mol. The molecule has 0 saturated carbocycles. The van der Waals surface area contributed by atoms with Crippen LogP contribution in [0.15, 0.2) is 36.4 Å². The van der Waals surface area contributed by atoms with Crippen molar-refractivity contribution in [2.24, 2.45) is 0 Å². The second kappa shape index (κ2) is 5.93. The Balaban J connectivity index is 1.90. The van der Waals surface area contributed by atoms with Crippen LogP contribution in [-0.4, -0.2) is 29.7 Å². The lowest BCUT2D eigenvalue weighted by molar-refractivity contribution is 0.0692. The highest BCUT2D eigenvalue weighted by atomic mass is 127. The molecule has 3 rings (SSSR count). The molecule has 23 heavy (non-hydrogen) atoms. The Bertz CT molecular complexity index is 866. The minimum Gasteiger partial charge on any atom is -0.322 e. The normalized spacial score (nSPS) is 13.3. The van der Waals surface area contributed by atoms with Crippen LogP contribution in [0.1, 0.15) is 31.1 Å². The van der Waals surface area contributed by atoms with Gasteiger partial charge in [0.25, 0.3) is 17.7 Å². The van der Waals surface area contributed by atoms with E-state index in [0.717, 1.165) is 8.47 Å². The molecule has 3 amide bonds. The number of nitrogens with one attached hydrogen (secondary N) is 1. The highest BCUT2D eigenvalue weighted by Crippen LogP contribution is 2.26. The summed E-state index contributed by atoms with van der Waals surface area (Å²) >= 11 is 8.13. The lowest BCUT2D eigenvalue weighted by Gasteiger charge is -2.08. The fourth-order valence-corrected chi connectivity index (χ4v) is 3.00. The van der Waals surface area contributed by atoms with E-state index in [1.54, 1.807) is 24.3 Å². The average Bonchev–Trinajstić information content (AvgIpc) is 2.74. The summed E-state index contributed by atoms with van der Waals surface area (Å²) in [5.41, 5.74) is 1.39. The van der Waals surface area contributed by atoms with E-state index in [1.165, 1.54) is 19.2 Å². The lowest BCUT2D eigenvalue weighted by Crippen LogP contribution is -2.24. The van der Waals surface area contributed by atoms with Gasteiger partial charge in [-0.05, 0) is 59.0 Å². The quantitative estimate of drug-likeness (QED) is 0.575.